The maximum absolute atomic E-state index is 11.8. The summed E-state index contributed by atoms with van der Waals surface area (Å²) in [7, 11) is 0. The van der Waals surface area contributed by atoms with Crippen LogP contribution in [0.1, 0.15) is 23.1 Å². The minimum absolute atomic E-state index is 0.240. The van der Waals surface area contributed by atoms with Gasteiger partial charge in [-0.25, -0.2) is 9.97 Å². The molecule has 0 bridgehead atoms. The quantitative estimate of drug-likeness (QED) is 0.225. The minimum Gasteiger partial charge on any atom is -0.437 e. The number of benzene rings is 3. The molecule has 0 spiro atoms. The van der Waals surface area contributed by atoms with Crippen molar-refractivity contribution >= 4 is 21.6 Å². The zero-order chi connectivity index (χ0) is 26.5. The molecule has 1 saturated heterocycles. The summed E-state index contributed by atoms with van der Waals surface area (Å²) in [5.41, 5.74) is 3.28. The van der Waals surface area contributed by atoms with Gasteiger partial charge >= 0.3 is 0 Å². The first-order chi connectivity index (χ1) is 19.2. The smallest absolute Gasteiger partial charge is 0.240 e. The van der Waals surface area contributed by atoms with Crippen LogP contribution < -0.4 is 4.74 Å². The van der Waals surface area contributed by atoms with Gasteiger partial charge in [-0.2, -0.15) is 0 Å². The van der Waals surface area contributed by atoms with Crippen LogP contribution >= 0.6 is 11.3 Å². The lowest BCUT2D eigenvalue weighted by atomic mass is 10.0. The average molecular weight is 541 g/mol. The summed E-state index contributed by atoms with van der Waals surface area (Å²) in [6.07, 6.45) is 0.824. The molecule has 39 heavy (non-hydrogen) atoms. The molecule has 0 amide bonds. The normalized spacial score (nSPS) is 20.8. The lowest BCUT2D eigenvalue weighted by molar-refractivity contribution is -0.209. The van der Waals surface area contributed by atoms with Crippen LogP contribution in [0.3, 0.4) is 0 Å². The van der Waals surface area contributed by atoms with Crippen molar-refractivity contribution in [2.24, 2.45) is 0 Å². The number of para-hydroxylation sites is 1. The first kappa shape index (κ1) is 25.6. The standard InChI is InChI=1S/C31H28N2O5S/c34-31(25-20-39-29-28(25)32-21-33-30(29)37-24-14-8-3-9-15-24)16-26(36-18-23-12-6-2-7-13-23)27(38-31)19-35-17-22-10-4-1-5-11-22/h1-15,20-21,26-27,34H,16-19H2/t26-,27+,31?/m0/s1. The molecule has 1 N–H and O–H groups in total. The topological polar surface area (TPSA) is 82.9 Å². The summed E-state index contributed by atoms with van der Waals surface area (Å²) in [5.74, 6) is -0.490. The highest BCUT2D eigenvalue weighted by Gasteiger charge is 2.49. The molecule has 1 aliphatic heterocycles. The highest BCUT2D eigenvalue weighted by molar-refractivity contribution is 7.17. The molecule has 0 radical (unpaired) electrons. The third-order valence-electron chi connectivity index (χ3n) is 6.64. The molecule has 1 unspecified atom stereocenters. The minimum atomic E-state index is -1.60. The highest BCUT2D eigenvalue weighted by atomic mass is 32.1. The van der Waals surface area contributed by atoms with E-state index in [0.717, 1.165) is 15.8 Å². The molecule has 3 heterocycles. The van der Waals surface area contributed by atoms with Gasteiger partial charge in [0.2, 0.25) is 5.88 Å². The van der Waals surface area contributed by atoms with Gasteiger partial charge in [-0.3, -0.25) is 0 Å². The molecular formula is C31H28N2O5S. The summed E-state index contributed by atoms with van der Waals surface area (Å²) < 4.78 is 25.4. The Kier molecular flexibility index (Phi) is 7.62. The molecule has 6 rings (SSSR count). The zero-order valence-electron chi connectivity index (χ0n) is 21.2. The third-order valence-corrected chi connectivity index (χ3v) is 7.60. The number of aliphatic hydroxyl groups is 1. The van der Waals surface area contributed by atoms with E-state index in [4.69, 9.17) is 18.9 Å². The molecule has 7 nitrogen and oxygen atoms in total. The van der Waals surface area contributed by atoms with Crippen LogP contribution in [0.2, 0.25) is 0 Å². The Balaban J connectivity index is 1.23. The molecule has 0 saturated carbocycles. The molecule has 1 aliphatic rings. The van der Waals surface area contributed by atoms with E-state index in [1.165, 1.54) is 17.7 Å². The largest absolute Gasteiger partial charge is 0.437 e. The molecule has 3 atom stereocenters. The first-order valence-electron chi connectivity index (χ1n) is 12.8. The number of rotatable bonds is 10. The molecular weight excluding hydrogens is 512 g/mol. The van der Waals surface area contributed by atoms with Crippen LogP contribution in [-0.2, 0) is 33.2 Å². The van der Waals surface area contributed by atoms with Gasteiger partial charge in [0.1, 0.15) is 22.9 Å². The second-order valence-electron chi connectivity index (χ2n) is 9.40. The van der Waals surface area contributed by atoms with E-state index >= 15 is 0 Å². The fourth-order valence-corrected chi connectivity index (χ4v) is 5.68. The summed E-state index contributed by atoms with van der Waals surface area (Å²) in [6, 6.07) is 29.4. The Hall–Kier alpha value is -3.66. The summed E-state index contributed by atoms with van der Waals surface area (Å²) in [5, 5.41) is 13.7. The van der Waals surface area contributed by atoms with Gasteiger partial charge < -0.3 is 24.1 Å². The first-order valence-corrected chi connectivity index (χ1v) is 13.7. The van der Waals surface area contributed by atoms with Crippen LogP contribution in [-0.4, -0.2) is 33.9 Å². The van der Waals surface area contributed by atoms with Crippen LogP contribution in [0.15, 0.2) is 103 Å². The molecule has 0 aliphatic carbocycles. The predicted molar refractivity (Wildman–Crippen MR) is 148 cm³/mol. The van der Waals surface area contributed by atoms with E-state index in [2.05, 4.69) is 9.97 Å². The maximum Gasteiger partial charge on any atom is 0.240 e. The van der Waals surface area contributed by atoms with E-state index in [-0.39, 0.29) is 19.1 Å². The number of ether oxygens (including phenoxy) is 4. The average Bonchev–Trinajstić information content (AvgIpc) is 3.56. The van der Waals surface area contributed by atoms with E-state index in [0.29, 0.717) is 35.9 Å². The Bertz CT molecular complexity index is 1500. The molecule has 198 valence electrons. The maximum atomic E-state index is 11.8. The zero-order valence-corrected chi connectivity index (χ0v) is 22.0. The monoisotopic (exact) mass is 540 g/mol. The van der Waals surface area contributed by atoms with Crippen LogP contribution in [0.4, 0.5) is 0 Å². The van der Waals surface area contributed by atoms with Gasteiger partial charge in [0, 0.05) is 17.4 Å². The summed E-state index contributed by atoms with van der Waals surface area (Å²) in [4.78, 5) is 8.82. The lowest BCUT2D eigenvalue weighted by Crippen LogP contribution is -2.30. The van der Waals surface area contributed by atoms with E-state index in [1.807, 2.05) is 96.4 Å². The summed E-state index contributed by atoms with van der Waals surface area (Å²) in [6.45, 7) is 1.12. The van der Waals surface area contributed by atoms with Crippen molar-refractivity contribution in [3.8, 4) is 11.6 Å². The van der Waals surface area contributed by atoms with Crippen molar-refractivity contribution in [3.63, 3.8) is 0 Å². The van der Waals surface area contributed by atoms with Crippen molar-refractivity contribution in [1.29, 1.82) is 0 Å². The Morgan fingerprint density at radius 3 is 2.26 bits per heavy atom. The molecule has 5 aromatic rings. The third kappa shape index (κ3) is 5.85. The number of thiophene rings is 1. The second kappa shape index (κ2) is 11.6. The van der Waals surface area contributed by atoms with Crippen molar-refractivity contribution in [2.75, 3.05) is 6.61 Å². The van der Waals surface area contributed by atoms with Crippen LogP contribution in [0.5, 0.6) is 11.6 Å². The van der Waals surface area contributed by atoms with Gasteiger partial charge in [-0.15, -0.1) is 11.3 Å². The second-order valence-corrected chi connectivity index (χ2v) is 10.3. The van der Waals surface area contributed by atoms with E-state index in [1.54, 1.807) is 0 Å². The fraction of sp³-hybridized carbons (Fsp3) is 0.226. The Labute approximate surface area is 230 Å². The van der Waals surface area contributed by atoms with Crippen molar-refractivity contribution < 1.29 is 24.1 Å². The number of hydrogen-bond acceptors (Lipinski definition) is 8. The number of fused-ring (bicyclic) bond motifs is 1. The van der Waals surface area contributed by atoms with Crippen LogP contribution in [0.25, 0.3) is 10.2 Å². The van der Waals surface area contributed by atoms with Gasteiger partial charge in [0.05, 0.1) is 31.4 Å². The molecule has 2 aromatic heterocycles. The fourth-order valence-electron chi connectivity index (χ4n) is 4.68. The summed E-state index contributed by atoms with van der Waals surface area (Å²) >= 11 is 1.41. The van der Waals surface area contributed by atoms with Crippen molar-refractivity contribution in [1.82, 2.24) is 9.97 Å². The number of aromatic nitrogens is 2. The molecule has 8 heteroatoms. The van der Waals surface area contributed by atoms with Crippen molar-refractivity contribution in [3.05, 3.63) is 119 Å². The number of nitrogens with zero attached hydrogens (tertiary/aromatic N) is 2. The van der Waals surface area contributed by atoms with E-state index < -0.39 is 11.9 Å². The van der Waals surface area contributed by atoms with Crippen LogP contribution in [0, 0.1) is 0 Å². The SMILES string of the molecule is OC1(c2csc3c(Oc4ccccc4)ncnc23)C[C@H](OCc2ccccc2)[C@@H](COCc2ccccc2)O1. The predicted octanol–water partition coefficient (Wildman–Crippen LogP) is 6.22. The van der Waals surface area contributed by atoms with Gasteiger partial charge in [0.15, 0.2) is 5.79 Å². The van der Waals surface area contributed by atoms with Gasteiger partial charge in [0.25, 0.3) is 0 Å². The van der Waals surface area contributed by atoms with E-state index in [9.17, 15) is 5.11 Å². The lowest BCUT2D eigenvalue weighted by Gasteiger charge is -2.22. The van der Waals surface area contributed by atoms with Crippen molar-refractivity contribution in [2.45, 2.75) is 37.6 Å². The van der Waals surface area contributed by atoms with Gasteiger partial charge in [-0.1, -0.05) is 78.9 Å². The Morgan fingerprint density at radius 2 is 1.54 bits per heavy atom. The highest BCUT2D eigenvalue weighted by Crippen LogP contribution is 2.45. The molecule has 1 fully saturated rings. The number of hydrogen-bond donors (Lipinski definition) is 1. The Morgan fingerprint density at radius 1 is 0.872 bits per heavy atom. The molecule has 3 aromatic carbocycles. The van der Waals surface area contributed by atoms with Gasteiger partial charge in [-0.05, 0) is 23.3 Å².